The zero-order valence-corrected chi connectivity index (χ0v) is 16.2. The molecule has 3 rings (SSSR count). The van der Waals surface area contributed by atoms with E-state index in [2.05, 4.69) is 11.8 Å². The molecule has 146 valence electrons. The largest absolute Gasteiger partial charge is 0.339 e. The summed E-state index contributed by atoms with van der Waals surface area (Å²) in [6, 6.07) is 7.05. The van der Waals surface area contributed by atoms with Crippen LogP contribution < -0.4 is 11.2 Å². The highest BCUT2D eigenvalue weighted by Gasteiger charge is 2.22. The summed E-state index contributed by atoms with van der Waals surface area (Å²) in [5, 5.41) is 0.469. The van der Waals surface area contributed by atoms with Crippen LogP contribution in [0, 0.1) is 0 Å². The van der Waals surface area contributed by atoms with Crippen molar-refractivity contribution >= 4 is 16.8 Å². The van der Waals surface area contributed by atoms with Crippen molar-refractivity contribution in [3.63, 3.8) is 0 Å². The number of aryl methyl sites for hydroxylation is 1. The number of rotatable bonds is 6. The second-order valence-corrected chi connectivity index (χ2v) is 7.01. The first-order valence-corrected chi connectivity index (χ1v) is 9.79. The van der Waals surface area contributed by atoms with Crippen LogP contribution >= 0.6 is 0 Å². The minimum Gasteiger partial charge on any atom is -0.339 e. The van der Waals surface area contributed by atoms with E-state index < -0.39 is 11.2 Å². The Balaban J connectivity index is 1.80. The SMILES string of the molecule is CCCCN1CCN(C(=O)Cn2c(=O)c3ccccc3n(CC)c2=O)CC1. The molecule has 1 aromatic heterocycles. The molecule has 0 spiro atoms. The van der Waals surface area contributed by atoms with E-state index in [1.165, 1.54) is 0 Å². The van der Waals surface area contributed by atoms with Crippen molar-refractivity contribution in [1.29, 1.82) is 0 Å². The standard InChI is InChI=1S/C20H28N4O3/c1-3-5-10-21-11-13-22(14-12-21)18(25)15-24-19(26)16-8-6-7-9-17(16)23(4-2)20(24)27/h6-9H,3-5,10-15H2,1-2H3. The van der Waals surface area contributed by atoms with Crippen molar-refractivity contribution < 1.29 is 4.79 Å². The molecule has 7 nitrogen and oxygen atoms in total. The Hall–Kier alpha value is -2.41. The molecule has 0 aliphatic carbocycles. The Labute approximate surface area is 158 Å². The number of piperazine rings is 1. The van der Waals surface area contributed by atoms with Gasteiger partial charge in [0.1, 0.15) is 6.54 Å². The molecule has 0 saturated carbocycles. The van der Waals surface area contributed by atoms with E-state index >= 15 is 0 Å². The number of carbonyl (C=O) groups excluding carboxylic acids is 1. The van der Waals surface area contributed by atoms with E-state index in [4.69, 9.17) is 0 Å². The van der Waals surface area contributed by atoms with Crippen LogP contribution in [0.5, 0.6) is 0 Å². The summed E-state index contributed by atoms with van der Waals surface area (Å²) < 4.78 is 2.63. The van der Waals surface area contributed by atoms with E-state index in [0.29, 0.717) is 30.5 Å². The van der Waals surface area contributed by atoms with E-state index in [-0.39, 0.29) is 12.5 Å². The van der Waals surface area contributed by atoms with Crippen LogP contribution in [0.1, 0.15) is 26.7 Å². The first-order chi connectivity index (χ1) is 13.1. The number of benzene rings is 1. The molecule has 7 heteroatoms. The van der Waals surface area contributed by atoms with Gasteiger partial charge in [0.2, 0.25) is 5.91 Å². The van der Waals surface area contributed by atoms with Crippen LogP contribution in [0.3, 0.4) is 0 Å². The minimum atomic E-state index is -0.420. The van der Waals surface area contributed by atoms with Crippen molar-refractivity contribution in [3.05, 3.63) is 45.1 Å². The summed E-state index contributed by atoms with van der Waals surface area (Å²) in [5.41, 5.74) is -0.199. The normalized spacial score (nSPS) is 15.4. The summed E-state index contributed by atoms with van der Waals surface area (Å²) in [6.07, 6.45) is 2.32. The number of amides is 1. The van der Waals surface area contributed by atoms with Gasteiger partial charge in [-0.15, -0.1) is 0 Å². The fourth-order valence-electron chi connectivity index (χ4n) is 3.65. The molecule has 1 aromatic carbocycles. The molecule has 0 N–H and O–H groups in total. The average molecular weight is 372 g/mol. The predicted molar refractivity (Wildman–Crippen MR) is 106 cm³/mol. The summed E-state index contributed by atoms with van der Waals surface area (Å²) in [6.45, 7) is 8.32. The third-order valence-corrected chi connectivity index (χ3v) is 5.29. The fraction of sp³-hybridized carbons (Fsp3) is 0.550. The van der Waals surface area contributed by atoms with Crippen molar-refractivity contribution in [3.8, 4) is 0 Å². The van der Waals surface area contributed by atoms with Gasteiger partial charge in [0.05, 0.1) is 10.9 Å². The predicted octanol–water partition coefficient (Wildman–Crippen LogP) is 1.13. The van der Waals surface area contributed by atoms with Crippen molar-refractivity contribution in [1.82, 2.24) is 18.9 Å². The minimum absolute atomic E-state index is 0.165. The van der Waals surface area contributed by atoms with Crippen molar-refractivity contribution in [2.45, 2.75) is 39.8 Å². The van der Waals surface area contributed by atoms with Gasteiger partial charge in [-0.1, -0.05) is 25.5 Å². The molecule has 0 unspecified atom stereocenters. The van der Waals surface area contributed by atoms with Crippen LogP contribution in [0.25, 0.3) is 10.9 Å². The van der Waals surface area contributed by atoms with Gasteiger partial charge in [0.15, 0.2) is 0 Å². The van der Waals surface area contributed by atoms with Crippen LogP contribution in [0.15, 0.2) is 33.9 Å². The number of hydrogen-bond donors (Lipinski definition) is 0. The highest BCUT2D eigenvalue weighted by molar-refractivity contribution is 5.79. The number of fused-ring (bicyclic) bond motifs is 1. The number of hydrogen-bond acceptors (Lipinski definition) is 4. The molecule has 2 heterocycles. The van der Waals surface area contributed by atoms with Gasteiger partial charge in [-0.05, 0) is 32.0 Å². The van der Waals surface area contributed by atoms with Crippen LogP contribution in [-0.2, 0) is 17.9 Å². The lowest BCUT2D eigenvalue weighted by Gasteiger charge is -2.34. The zero-order chi connectivity index (χ0) is 19.4. The number of unbranched alkanes of at least 4 members (excludes halogenated alkanes) is 1. The second kappa shape index (κ2) is 8.52. The van der Waals surface area contributed by atoms with E-state index in [1.54, 1.807) is 33.7 Å². The lowest BCUT2D eigenvalue weighted by Crippen LogP contribution is -2.51. The first-order valence-electron chi connectivity index (χ1n) is 9.79. The molecule has 1 saturated heterocycles. The molecule has 1 aliphatic heterocycles. The third kappa shape index (κ3) is 3.98. The molecule has 1 aliphatic rings. The molecule has 1 fully saturated rings. The Morgan fingerprint density at radius 3 is 2.37 bits per heavy atom. The van der Waals surface area contributed by atoms with Gasteiger partial charge in [0.25, 0.3) is 5.56 Å². The molecule has 0 bridgehead atoms. The van der Waals surface area contributed by atoms with Gasteiger partial charge in [0, 0.05) is 32.7 Å². The smallest absolute Gasteiger partial charge is 0.331 e. The maximum Gasteiger partial charge on any atom is 0.331 e. The van der Waals surface area contributed by atoms with Gasteiger partial charge in [-0.2, -0.15) is 0 Å². The molecule has 0 radical (unpaired) electrons. The second-order valence-electron chi connectivity index (χ2n) is 7.01. The average Bonchev–Trinajstić information content (AvgIpc) is 2.70. The number of carbonyl (C=O) groups is 1. The van der Waals surface area contributed by atoms with Crippen molar-refractivity contribution in [2.75, 3.05) is 32.7 Å². The van der Waals surface area contributed by atoms with E-state index in [1.807, 2.05) is 6.92 Å². The van der Waals surface area contributed by atoms with E-state index in [9.17, 15) is 14.4 Å². The molecule has 1 amide bonds. The molecule has 0 atom stereocenters. The number of para-hydroxylation sites is 1. The molecule has 2 aromatic rings. The number of aromatic nitrogens is 2. The molecular weight excluding hydrogens is 344 g/mol. The lowest BCUT2D eigenvalue weighted by molar-refractivity contribution is -0.133. The Morgan fingerprint density at radius 1 is 1.00 bits per heavy atom. The lowest BCUT2D eigenvalue weighted by atomic mass is 10.2. The van der Waals surface area contributed by atoms with E-state index in [0.717, 1.165) is 37.0 Å². The van der Waals surface area contributed by atoms with Crippen LogP contribution in [0.2, 0.25) is 0 Å². The summed E-state index contributed by atoms with van der Waals surface area (Å²) >= 11 is 0. The maximum absolute atomic E-state index is 12.8. The molecule has 27 heavy (non-hydrogen) atoms. The van der Waals surface area contributed by atoms with Crippen LogP contribution in [-0.4, -0.2) is 57.6 Å². The van der Waals surface area contributed by atoms with Gasteiger partial charge >= 0.3 is 5.69 Å². The summed E-state index contributed by atoms with van der Waals surface area (Å²) in [4.78, 5) is 42.4. The highest BCUT2D eigenvalue weighted by atomic mass is 16.2. The first kappa shape index (κ1) is 19.4. The fourth-order valence-corrected chi connectivity index (χ4v) is 3.65. The van der Waals surface area contributed by atoms with Gasteiger partial charge in [-0.25, -0.2) is 4.79 Å². The molecular formula is C20H28N4O3. The zero-order valence-electron chi connectivity index (χ0n) is 16.2. The Morgan fingerprint density at radius 2 is 1.70 bits per heavy atom. The number of nitrogens with zero attached hydrogens (tertiary/aromatic N) is 4. The summed E-state index contributed by atoms with van der Waals surface area (Å²) in [5.74, 6) is -0.165. The topological polar surface area (TPSA) is 67.5 Å². The van der Waals surface area contributed by atoms with Gasteiger partial charge < -0.3 is 4.90 Å². The van der Waals surface area contributed by atoms with Gasteiger partial charge in [-0.3, -0.25) is 23.6 Å². The Kier molecular flexibility index (Phi) is 6.11. The van der Waals surface area contributed by atoms with Crippen molar-refractivity contribution in [2.24, 2.45) is 0 Å². The highest BCUT2D eigenvalue weighted by Crippen LogP contribution is 2.08. The van der Waals surface area contributed by atoms with Crippen LogP contribution in [0.4, 0.5) is 0 Å². The quantitative estimate of drug-likeness (QED) is 0.762. The maximum atomic E-state index is 12.8. The third-order valence-electron chi connectivity index (χ3n) is 5.29. The monoisotopic (exact) mass is 372 g/mol. The Bertz CT molecular complexity index is 923. The summed E-state index contributed by atoms with van der Waals surface area (Å²) in [7, 11) is 0.